The molecule has 1 fully saturated rings. The smallest absolute Gasteiger partial charge is 0.309 e. The molecule has 0 amide bonds. The lowest BCUT2D eigenvalue weighted by molar-refractivity contribution is -0.145. The summed E-state index contributed by atoms with van der Waals surface area (Å²) >= 11 is 0. The quantitative estimate of drug-likeness (QED) is 0.694. The summed E-state index contributed by atoms with van der Waals surface area (Å²) in [4.78, 5) is 13.6. The molecule has 15 heavy (non-hydrogen) atoms. The Morgan fingerprint density at radius 2 is 2.33 bits per heavy atom. The summed E-state index contributed by atoms with van der Waals surface area (Å²) in [5.41, 5.74) is 5.94. The number of ether oxygens (including phenoxy) is 1. The Kier molecular flexibility index (Phi) is 4.54. The van der Waals surface area contributed by atoms with Gasteiger partial charge in [0.05, 0.1) is 13.0 Å². The average molecular weight is 214 g/mol. The molecule has 3 atom stereocenters. The minimum absolute atomic E-state index is 0.0449. The summed E-state index contributed by atoms with van der Waals surface area (Å²) in [6.45, 7) is 6.84. The fourth-order valence-electron chi connectivity index (χ4n) is 2.08. The van der Waals surface area contributed by atoms with E-state index in [0.717, 1.165) is 26.1 Å². The van der Waals surface area contributed by atoms with Crippen molar-refractivity contribution in [3.63, 3.8) is 0 Å². The lowest BCUT2D eigenvalue weighted by atomic mass is 9.94. The van der Waals surface area contributed by atoms with E-state index in [1.165, 1.54) is 7.11 Å². The van der Waals surface area contributed by atoms with Crippen LogP contribution in [-0.4, -0.2) is 43.7 Å². The summed E-state index contributed by atoms with van der Waals surface area (Å²) in [5, 5.41) is 0. The van der Waals surface area contributed by atoms with Crippen molar-refractivity contribution in [2.75, 3.05) is 26.7 Å². The van der Waals surface area contributed by atoms with Gasteiger partial charge >= 0.3 is 5.97 Å². The molecule has 1 saturated heterocycles. The van der Waals surface area contributed by atoms with Gasteiger partial charge in [0.25, 0.3) is 0 Å². The standard InChI is InChI=1S/C11H22N2O2/c1-8-6-13(5-4-10(8)12)7-9(2)11(14)15-3/h8-10H,4-7,12H2,1-3H3. The number of piperidine rings is 1. The van der Waals surface area contributed by atoms with Crippen LogP contribution in [0.4, 0.5) is 0 Å². The van der Waals surface area contributed by atoms with Crippen molar-refractivity contribution in [2.45, 2.75) is 26.3 Å². The van der Waals surface area contributed by atoms with Crippen molar-refractivity contribution >= 4 is 5.97 Å². The summed E-state index contributed by atoms with van der Waals surface area (Å²) in [7, 11) is 1.44. The van der Waals surface area contributed by atoms with Crippen molar-refractivity contribution in [1.82, 2.24) is 4.90 Å². The van der Waals surface area contributed by atoms with E-state index < -0.39 is 0 Å². The minimum Gasteiger partial charge on any atom is -0.469 e. The van der Waals surface area contributed by atoms with Gasteiger partial charge in [0, 0.05) is 19.1 Å². The Balaban J connectivity index is 2.36. The third kappa shape index (κ3) is 3.47. The molecule has 0 aliphatic carbocycles. The van der Waals surface area contributed by atoms with Crippen molar-refractivity contribution in [3.05, 3.63) is 0 Å². The Morgan fingerprint density at radius 1 is 1.67 bits per heavy atom. The molecule has 88 valence electrons. The third-order valence-corrected chi connectivity index (χ3v) is 3.19. The van der Waals surface area contributed by atoms with E-state index in [1.54, 1.807) is 0 Å². The molecule has 0 bridgehead atoms. The molecule has 1 rings (SSSR count). The summed E-state index contributed by atoms with van der Waals surface area (Å²) in [5.74, 6) is 0.345. The highest BCUT2D eigenvalue weighted by molar-refractivity contribution is 5.72. The Bertz CT molecular complexity index is 221. The van der Waals surface area contributed by atoms with E-state index in [1.807, 2.05) is 6.92 Å². The van der Waals surface area contributed by atoms with Gasteiger partial charge in [-0.05, 0) is 18.9 Å². The van der Waals surface area contributed by atoms with Gasteiger partial charge in [-0.1, -0.05) is 13.8 Å². The molecule has 0 aromatic carbocycles. The lowest BCUT2D eigenvalue weighted by Crippen LogP contribution is -2.47. The van der Waals surface area contributed by atoms with Crippen LogP contribution in [0.3, 0.4) is 0 Å². The molecule has 1 aliphatic rings. The zero-order valence-electron chi connectivity index (χ0n) is 9.90. The number of carbonyl (C=O) groups is 1. The number of rotatable bonds is 3. The van der Waals surface area contributed by atoms with Gasteiger partial charge in [-0.3, -0.25) is 4.79 Å². The van der Waals surface area contributed by atoms with E-state index in [9.17, 15) is 4.79 Å². The second-order valence-electron chi connectivity index (χ2n) is 4.61. The van der Waals surface area contributed by atoms with Gasteiger partial charge in [0.2, 0.25) is 0 Å². The van der Waals surface area contributed by atoms with Crippen LogP contribution in [0.15, 0.2) is 0 Å². The number of likely N-dealkylation sites (tertiary alicyclic amines) is 1. The number of carbonyl (C=O) groups excluding carboxylic acids is 1. The Hall–Kier alpha value is -0.610. The van der Waals surface area contributed by atoms with Crippen LogP contribution in [-0.2, 0) is 9.53 Å². The number of nitrogens with two attached hydrogens (primary N) is 1. The second kappa shape index (κ2) is 5.47. The topological polar surface area (TPSA) is 55.6 Å². The maximum atomic E-state index is 11.3. The van der Waals surface area contributed by atoms with E-state index in [0.29, 0.717) is 12.0 Å². The highest BCUT2D eigenvalue weighted by Gasteiger charge is 2.25. The SMILES string of the molecule is COC(=O)C(C)CN1CCC(N)C(C)C1. The molecule has 4 nitrogen and oxygen atoms in total. The predicted octanol–water partition coefficient (Wildman–Crippen LogP) is 0.465. The molecule has 1 aliphatic heterocycles. The largest absolute Gasteiger partial charge is 0.469 e. The molecule has 0 aromatic heterocycles. The van der Waals surface area contributed by atoms with Crippen LogP contribution in [0.5, 0.6) is 0 Å². The summed E-state index contributed by atoms with van der Waals surface area (Å²) < 4.78 is 4.71. The predicted molar refractivity (Wildman–Crippen MR) is 59.4 cm³/mol. The van der Waals surface area contributed by atoms with Gasteiger partial charge in [-0.25, -0.2) is 0 Å². The highest BCUT2D eigenvalue weighted by Crippen LogP contribution is 2.16. The van der Waals surface area contributed by atoms with Crippen molar-refractivity contribution < 1.29 is 9.53 Å². The van der Waals surface area contributed by atoms with E-state index in [-0.39, 0.29) is 11.9 Å². The van der Waals surface area contributed by atoms with Crippen LogP contribution < -0.4 is 5.73 Å². The van der Waals surface area contributed by atoms with Crippen molar-refractivity contribution in [2.24, 2.45) is 17.6 Å². The normalized spacial score (nSPS) is 29.9. The third-order valence-electron chi connectivity index (χ3n) is 3.19. The van der Waals surface area contributed by atoms with Crippen LogP contribution >= 0.6 is 0 Å². The van der Waals surface area contributed by atoms with Crippen LogP contribution in [0.2, 0.25) is 0 Å². The van der Waals surface area contributed by atoms with Gasteiger partial charge in [0.1, 0.15) is 0 Å². The van der Waals surface area contributed by atoms with E-state index >= 15 is 0 Å². The van der Waals surface area contributed by atoms with Crippen LogP contribution in [0.1, 0.15) is 20.3 Å². The molecule has 0 aromatic rings. The van der Waals surface area contributed by atoms with Gasteiger partial charge < -0.3 is 15.4 Å². The monoisotopic (exact) mass is 214 g/mol. The molecule has 1 heterocycles. The van der Waals surface area contributed by atoms with Gasteiger partial charge in [-0.15, -0.1) is 0 Å². The molecular weight excluding hydrogens is 192 g/mol. The number of hydrogen-bond acceptors (Lipinski definition) is 4. The molecule has 4 heteroatoms. The maximum absolute atomic E-state index is 11.3. The fourth-order valence-corrected chi connectivity index (χ4v) is 2.08. The first kappa shape index (κ1) is 12.5. The molecule has 3 unspecified atom stereocenters. The van der Waals surface area contributed by atoms with Crippen molar-refractivity contribution in [3.8, 4) is 0 Å². The Labute approximate surface area is 91.8 Å². The first-order valence-corrected chi connectivity index (χ1v) is 5.60. The van der Waals surface area contributed by atoms with Crippen LogP contribution in [0, 0.1) is 11.8 Å². The number of methoxy groups -OCH3 is 1. The molecule has 2 N–H and O–H groups in total. The first-order chi connectivity index (χ1) is 7.04. The van der Waals surface area contributed by atoms with E-state index in [4.69, 9.17) is 10.5 Å². The number of nitrogens with zero attached hydrogens (tertiary/aromatic N) is 1. The zero-order chi connectivity index (χ0) is 11.4. The first-order valence-electron chi connectivity index (χ1n) is 5.60. The number of hydrogen-bond donors (Lipinski definition) is 1. The van der Waals surface area contributed by atoms with Gasteiger partial charge in [-0.2, -0.15) is 0 Å². The zero-order valence-corrected chi connectivity index (χ0v) is 9.90. The lowest BCUT2D eigenvalue weighted by Gasteiger charge is -2.35. The molecule has 0 saturated carbocycles. The number of esters is 1. The second-order valence-corrected chi connectivity index (χ2v) is 4.61. The summed E-state index contributed by atoms with van der Waals surface area (Å²) in [6.07, 6.45) is 1.02. The molecule has 0 spiro atoms. The minimum atomic E-state index is -0.127. The van der Waals surface area contributed by atoms with Crippen LogP contribution in [0.25, 0.3) is 0 Å². The average Bonchev–Trinajstić information content (AvgIpc) is 2.22. The van der Waals surface area contributed by atoms with Crippen molar-refractivity contribution in [1.29, 1.82) is 0 Å². The molecule has 0 radical (unpaired) electrons. The Morgan fingerprint density at radius 3 is 2.87 bits per heavy atom. The fraction of sp³-hybridized carbons (Fsp3) is 0.909. The summed E-state index contributed by atoms with van der Waals surface area (Å²) in [6, 6.07) is 0.315. The van der Waals surface area contributed by atoms with Gasteiger partial charge in [0.15, 0.2) is 0 Å². The van der Waals surface area contributed by atoms with E-state index in [2.05, 4.69) is 11.8 Å². The maximum Gasteiger partial charge on any atom is 0.309 e. The highest BCUT2D eigenvalue weighted by atomic mass is 16.5. The molecular formula is C11H22N2O2.